The predicted molar refractivity (Wildman–Crippen MR) is 58.3 cm³/mol. The van der Waals surface area contributed by atoms with Gasteiger partial charge in [0.1, 0.15) is 5.78 Å². The van der Waals surface area contributed by atoms with Crippen LogP contribution in [0.15, 0.2) is 0 Å². The normalized spacial score (nSPS) is 16.9. The molecule has 0 saturated carbocycles. The van der Waals surface area contributed by atoms with Crippen molar-refractivity contribution in [2.75, 3.05) is 19.6 Å². The lowest BCUT2D eigenvalue weighted by Gasteiger charge is -2.26. The van der Waals surface area contributed by atoms with Gasteiger partial charge >= 0.3 is 0 Å². The van der Waals surface area contributed by atoms with Crippen molar-refractivity contribution in [3.05, 3.63) is 0 Å². The van der Waals surface area contributed by atoms with Crippen molar-refractivity contribution in [3.63, 3.8) is 0 Å². The van der Waals surface area contributed by atoms with E-state index in [2.05, 4.69) is 0 Å². The van der Waals surface area contributed by atoms with E-state index in [1.54, 1.807) is 0 Å². The fourth-order valence-corrected chi connectivity index (χ4v) is 1.76. The lowest BCUT2D eigenvalue weighted by atomic mass is 10.1. The molecule has 0 aromatic heterocycles. The Morgan fingerprint density at radius 2 is 1.87 bits per heavy atom. The second kappa shape index (κ2) is 6.56. The lowest BCUT2D eigenvalue weighted by molar-refractivity contribution is -0.134. The molecule has 0 aromatic rings. The summed E-state index contributed by atoms with van der Waals surface area (Å²) in [7, 11) is 0. The average molecular weight is 212 g/mol. The van der Waals surface area contributed by atoms with Crippen LogP contribution in [0.4, 0.5) is 0 Å². The Morgan fingerprint density at radius 1 is 1.20 bits per heavy atom. The summed E-state index contributed by atoms with van der Waals surface area (Å²) in [4.78, 5) is 24.4. The van der Waals surface area contributed by atoms with Gasteiger partial charge in [-0.2, -0.15) is 0 Å². The maximum atomic E-state index is 11.7. The van der Waals surface area contributed by atoms with Gasteiger partial charge < -0.3 is 10.6 Å². The largest absolute Gasteiger partial charge is 0.342 e. The molecule has 15 heavy (non-hydrogen) atoms. The summed E-state index contributed by atoms with van der Waals surface area (Å²) < 4.78 is 0. The Morgan fingerprint density at radius 3 is 2.47 bits per heavy atom. The molecule has 1 heterocycles. The number of amides is 1. The number of likely N-dealkylation sites (tertiary alicyclic amines) is 1. The standard InChI is InChI=1S/C11H20N2O2/c12-7-3-1-2-4-11(15)13-8-5-10(14)6-9-13/h1-9,12H2. The summed E-state index contributed by atoms with van der Waals surface area (Å²) >= 11 is 0. The molecule has 1 saturated heterocycles. The average Bonchev–Trinajstić information content (AvgIpc) is 2.25. The number of nitrogens with zero attached hydrogens (tertiary/aromatic N) is 1. The molecule has 1 aliphatic heterocycles. The molecule has 1 aliphatic rings. The van der Waals surface area contributed by atoms with Crippen LogP contribution in [0.3, 0.4) is 0 Å². The van der Waals surface area contributed by atoms with Crippen LogP contribution < -0.4 is 5.73 Å². The Kier molecular flexibility index (Phi) is 5.32. The number of ketones is 1. The Hall–Kier alpha value is -0.900. The molecule has 0 radical (unpaired) electrons. The van der Waals surface area contributed by atoms with Gasteiger partial charge in [-0.25, -0.2) is 0 Å². The van der Waals surface area contributed by atoms with Gasteiger partial charge in [-0.3, -0.25) is 9.59 Å². The Balaban J connectivity index is 2.14. The minimum absolute atomic E-state index is 0.194. The molecule has 4 nitrogen and oxygen atoms in total. The van der Waals surface area contributed by atoms with Gasteiger partial charge in [0.05, 0.1) is 0 Å². The second-order valence-corrected chi connectivity index (χ2v) is 4.02. The van der Waals surface area contributed by atoms with Crippen molar-refractivity contribution in [3.8, 4) is 0 Å². The van der Waals surface area contributed by atoms with E-state index in [1.807, 2.05) is 4.90 Å². The minimum atomic E-state index is 0.194. The quantitative estimate of drug-likeness (QED) is 0.682. The smallest absolute Gasteiger partial charge is 0.222 e. The first kappa shape index (κ1) is 12.2. The van der Waals surface area contributed by atoms with E-state index in [9.17, 15) is 9.59 Å². The molecule has 2 N–H and O–H groups in total. The van der Waals surface area contributed by atoms with E-state index >= 15 is 0 Å². The molecule has 1 amide bonds. The molecule has 0 spiro atoms. The molecule has 1 rings (SSSR count). The molecule has 0 aliphatic carbocycles. The van der Waals surface area contributed by atoms with E-state index in [0.29, 0.717) is 38.9 Å². The first-order chi connectivity index (χ1) is 7.24. The van der Waals surface area contributed by atoms with Crippen molar-refractivity contribution in [1.29, 1.82) is 0 Å². The molecular weight excluding hydrogens is 192 g/mol. The first-order valence-corrected chi connectivity index (χ1v) is 5.73. The van der Waals surface area contributed by atoms with Crippen molar-refractivity contribution >= 4 is 11.7 Å². The van der Waals surface area contributed by atoms with Crippen molar-refractivity contribution in [2.24, 2.45) is 5.73 Å². The zero-order valence-electron chi connectivity index (χ0n) is 9.21. The molecule has 0 unspecified atom stereocenters. The molecule has 4 heteroatoms. The monoisotopic (exact) mass is 212 g/mol. The van der Waals surface area contributed by atoms with Crippen LogP contribution in [0.2, 0.25) is 0 Å². The molecule has 0 aromatic carbocycles. The fraction of sp³-hybridized carbons (Fsp3) is 0.818. The van der Waals surface area contributed by atoms with Crippen LogP contribution in [0.5, 0.6) is 0 Å². The number of unbranched alkanes of at least 4 members (excludes halogenated alkanes) is 2. The van der Waals surface area contributed by atoms with Crippen LogP contribution >= 0.6 is 0 Å². The highest BCUT2D eigenvalue weighted by Gasteiger charge is 2.19. The molecular formula is C11H20N2O2. The first-order valence-electron chi connectivity index (χ1n) is 5.73. The van der Waals surface area contributed by atoms with E-state index in [0.717, 1.165) is 19.3 Å². The highest BCUT2D eigenvalue weighted by atomic mass is 16.2. The van der Waals surface area contributed by atoms with Gasteiger partial charge in [0.15, 0.2) is 0 Å². The third-order valence-electron chi connectivity index (χ3n) is 2.77. The zero-order valence-corrected chi connectivity index (χ0v) is 9.21. The van der Waals surface area contributed by atoms with Gasteiger partial charge in [-0.05, 0) is 19.4 Å². The maximum absolute atomic E-state index is 11.7. The highest BCUT2D eigenvalue weighted by molar-refractivity contribution is 5.83. The lowest BCUT2D eigenvalue weighted by Crippen LogP contribution is -2.38. The van der Waals surface area contributed by atoms with Gasteiger partial charge in [0.2, 0.25) is 5.91 Å². The highest BCUT2D eigenvalue weighted by Crippen LogP contribution is 2.09. The van der Waals surface area contributed by atoms with Gasteiger partial charge in [0.25, 0.3) is 0 Å². The third kappa shape index (κ3) is 4.42. The number of hydrogen-bond acceptors (Lipinski definition) is 3. The summed E-state index contributed by atoms with van der Waals surface area (Å²) in [6.45, 7) is 1.94. The topological polar surface area (TPSA) is 63.4 Å². The van der Waals surface area contributed by atoms with Gasteiger partial charge in [-0.1, -0.05) is 6.42 Å². The minimum Gasteiger partial charge on any atom is -0.342 e. The van der Waals surface area contributed by atoms with E-state index in [1.165, 1.54) is 0 Å². The summed E-state index contributed by atoms with van der Waals surface area (Å²) in [5.74, 6) is 0.474. The number of Topliss-reactive ketones (excluding diaryl/α,β-unsaturated/α-hetero) is 1. The van der Waals surface area contributed by atoms with Crippen LogP contribution in [0.1, 0.15) is 38.5 Å². The van der Waals surface area contributed by atoms with Crippen molar-refractivity contribution in [2.45, 2.75) is 38.5 Å². The zero-order chi connectivity index (χ0) is 11.1. The number of carbonyl (C=O) groups excluding carboxylic acids is 2. The van der Waals surface area contributed by atoms with E-state index < -0.39 is 0 Å². The van der Waals surface area contributed by atoms with Gasteiger partial charge in [-0.15, -0.1) is 0 Å². The maximum Gasteiger partial charge on any atom is 0.222 e. The summed E-state index contributed by atoms with van der Waals surface area (Å²) in [6, 6.07) is 0. The fourth-order valence-electron chi connectivity index (χ4n) is 1.76. The predicted octanol–water partition coefficient (Wildman–Crippen LogP) is 0.697. The SMILES string of the molecule is NCCCCCC(=O)N1CCC(=O)CC1. The number of nitrogens with two attached hydrogens (primary N) is 1. The number of hydrogen-bond donors (Lipinski definition) is 1. The van der Waals surface area contributed by atoms with Crippen LogP contribution in [0, 0.1) is 0 Å². The summed E-state index contributed by atoms with van der Waals surface area (Å²) in [5, 5.41) is 0. The van der Waals surface area contributed by atoms with Crippen molar-refractivity contribution in [1.82, 2.24) is 4.90 Å². The second-order valence-electron chi connectivity index (χ2n) is 4.02. The van der Waals surface area contributed by atoms with Crippen LogP contribution in [0.25, 0.3) is 0 Å². The summed E-state index contributed by atoms with van der Waals surface area (Å²) in [5.41, 5.74) is 5.37. The molecule has 0 bridgehead atoms. The van der Waals surface area contributed by atoms with Gasteiger partial charge in [0, 0.05) is 32.4 Å². The van der Waals surface area contributed by atoms with E-state index in [4.69, 9.17) is 5.73 Å². The Bertz CT molecular complexity index is 219. The van der Waals surface area contributed by atoms with Crippen molar-refractivity contribution < 1.29 is 9.59 Å². The van der Waals surface area contributed by atoms with Crippen LogP contribution in [-0.2, 0) is 9.59 Å². The van der Waals surface area contributed by atoms with Crippen LogP contribution in [-0.4, -0.2) is 36.2 Å². The van der Waals surface area contributed by atoms with E-state index in [-0.39, 0.29) is 11.7 Å². The third-order valence-corrected chi connectivity index (χ3v) is 2.77. The number of rotatable bonds is 5. The summed E-state index contributed by atoms with van der Waals surface area (Å²) in [6.07, 6.45) is 4.61. The number of carbonyl (C=O) groups is 2. The molecule has 1 fully saturated rings. The molecule has 0 atom stereocenters. The Labute approximate surface area is 90.8 Å². The number of piperidine rings is 1. The molecule has 86 valence electrons.